The molecule has 0 aliphatic carbocycles. The minimum Gasteiger partial charge on any atom is -0.497 e. The number of aromatic nitrogens is 1. The van der Waals surface area contributed by atoms with Crippen LogP contribution in [0.25, 0.3) is 10.2 Å². The van der Waals surface area contributed by atoms with Gasteiger partial charge >= 0.3 is 0 Å². The van der Waals surface area contributed by atoms with E-state index in [2.05, 4.69) is 10.3 Å². The summed E-state index contributed by atoms with van der Waals surface area (Å²) in [6.07, 6.45) is 3.84. The molecular weight excluding hydrogens is 434 g/mol. The maximum absolute atomic E-state index is 13.0. The van der Waals surface area contributed by atoms with Gasteiger partial charge < -0.3 is 10.1 Å². The van der Waals surface area contributed by atoms with Crippen molar-refractivity contribution >= 4 is 42.5 Å². The van der Waals surface area contributed by atoms with Crippen molar-refractivity contribution < 1.29 is 17.9 Å². The van der Waals surface area contributed by atoms with Gasteiger partial charge in [-0.25, -0.2) is 13.4 Å². The van der Waals surface area contributed by atoms with Crippen molar-refractivity contribution in [1.82, 2.24) is 9.29 Å². The molecule has 1 aromatic heterocycles. The van der Waals surface area contributed by atoms with Gasteiger partial charge in [-0.15, -0.1) is 0 Å². The summed E-state index contributed by atoms with van der Waals surface area (Å²) >= 11 is 1.44. The number of anilines is 1. The van der Waals surface area contributed by atoms with Crippen LogP contribution in [0.4, 0.5) is 5.13 Å². The SMILES string of the molecule is COc1ccc2nc(NCC(=O)c3cccc(S(=O)(=O)N4CCCCCC4)c3)sc2c1. The van der Waals surface area contributed by atoms with Crippen molar-refractivity contribution in [3.05, 3.63) is 48.0 Å². The summed E-state index contributed by atoms with van der Waals surface area (Å²) in [6.45, 7) is 1.10. The van der Waals surface area contributed by atoms with E-state index in [0.29, 0.717) is 23.8 Å². The number of methoxy groups -OCH3 is 1. The number of thiazole rings is 1. The van der Waals surface area contributed by atoms with E-state index in [0.717, 1.165) is 41.6 Å². The van der Waals surface area contributed by atoms with E-state index in [1.54, 1.807) is 25.3 Å². The maximum Gasteiger partial charge on any atom is 0.243 e. The number of ether oxygens (including phenoxy) is 1. The van der Waals surface area contributed by atoms with Crippen molar-refractivity contribution in [3.63, 3.8) is 0 Å². The summed E-state index contributed by atoms with van der Waals surface area (Å²) in [5.74, 6) is 0.561. The number of benzene rings is 2. The Morgan fingerprint density at radius 3 is 2.65 bits per heavy atom. The lowest BCUT2D eigenvalue weighted by molar-refractivity contribution is 0.101. The number of nitrogens with zero attached hydrogens (tertiary/aromatic N) is 2. The molecule has 3 aromatic rings. The second-order valence-electron chi connectivity index (χ2n) is 7.48. The highest BCUT2D eigenvalue weighted by molar-refractivity contribution is 7.89. The zero-order valence-electron chi connectivity index (χ0n) is 17.3. The molecule has 31 heavy (non-hydrogen) atoms. The predicted octanol–water partition coefficient (Wildman–Crippen LogP) is 4.16. The van der Waals surface area contributed by atoms with Crippen molar-refractivity contribution in [1.29, 1.82) is 0 Å². The largest absolute Gasteiger partial charge is 0.497 e. The van der Waals surface area contributed by atoms with Gasteiger partial charge in [0.2, 0.25) is 10.0 Å². The zero-order chi connectivity index (χ0) is 21.8. The van der Waals surface area contributed by atoms with Crippen LogP contribution < -0.4 is 10.1 Å². The summed E-state index contributed by atoms with van der Waals surface area (Å²) in [7, 11) is -1.98. The van der Waals surface area contributed by atoms with E-state index in [4.69, 9.17) is 4.74 Å². The number of rotatable bonds is 7. The lowest BCUT2D eigenvalue weighted by Crippen LogP contribution is -2.32. The predicted molar refractivity (Wildman–Crippen MR) is 123 cm³/mol. The van der Waals surface area contributed by atoms with Gasteiger partial charge in [0, 0.05) is 18.7 Å². The molecule has 1 aliphatic rings. The lowest BCUT2D eigenvalue weighted by atomic mass is 10.1. The first-order chi connectivity index (χ1) is 15.0. The molecule has 1 N–H and O–H groups in total. The summed E-state index contributed by atoms with van der Waals surface area (Å²) in [6, 6.07) is 11.9. The van der Waals surface area contributed by atoms with E-state index in [-0.39, 0.29) is 17.2 Å². The Morgan fingerprint density at radius 2 is 1.90 bits per heavy atom. The van der Waals surface area contributed by atoms with Gasteiger partial charge in [0.05, 0.1) is 28.8 Å². The molecule has 1 fully saturated rings. The third kappa shape index (κ3) is 4.89. The number of hydrogen-bond acceptors (Lipinski definition) is 7. The fraction of sp³-hybridized carbons (Fsp3) is 0.364. The number of carbonyl (C=O) groups excluding carboxylic acids is 1. The van der Waals surface area contributed by atoms with Crippen LogP contribution in [-0.2, 0) is 10.0 Å². The first kappa shape index (κ1) is 21.7. The second kappa shape index (κ2) is 9.33. The third-order valence-electron chi connectivity index (χ3n) is 5.35. The lowest BCUT2D eigenvalue weighted by Gasteiger charge is -2.20. The Balaban J connectivity index is 1.47. The molecule has 0 amide bonds. The standard InChI is InChI=1S/C22H25N3O4S2/c1-29-17-9-10-19-21(14-17)30-22(24-19)23-15-20(26)16-7-6-8-18(13-16)31(27,28)25-11-4-2-3-5-12-25/h6-10,13-14H,2-5,11-12,15H2,1H3,(H,23,24). The highest BCUT2D eigenvalue weighted by atomic mass is 32.2. The summed E-state index contributed by atoms with van der Waals surface area (Å²) in [5.41, 5.74) is 1.19. The smallest absolute Gasteiger partial charge is 0.243 e. The van der Waals surface area contributed by atoms with Gasteiger partial charge in [-0.1, -0.05) is 36.3 Å². The minimum absolute atomic E-state index is 0.0319. The van der Waals surface area contributed by atoms with Crippen LogP contribution >= 0.6 is 11.3 Å². The van der Waals surface area contributed by atoms with E-state index in [1.807, 2.05) is 18.2 Å². The van der Waals surface area contributed by atoms with E-state index in [9.17, 15) is 13.2 Å². The van der Waals surface area contributed by atoms with Gasteiger partial charge in [-0.2, -0.15) is 4.31 Å². The number of fused-ring (bicyclic) bond motifs is 1. The monoisotopic (exact) mass is 459 g/mol. The highest BCUT2D eigenvalue weighted by Gasteiger charge is 2.25. The first-order valence-corrected chi connectivity index (χ1v) is 12.5. The van der Waals surface area contributed by atoms with Crippen LogP contribution in [0.1, 0.15) is 36.0 Å². The van der Waals surface area contributed by atoms with Gasteiger partial charge in [-0.3, -0.25) is 4.79 Å². The quantitative estimate of drug-likeness (QED) is 0.534. The van der Waals surface area contributed by atoms with Crippen molar-refractivity contribution in [2.24, 2.45) is 0 Å². The van der Waals surface area contributed by atoms with Gasteiger partial charge in [0.25, 0.3) is 0 Å². The third-order valence-corrected chi connectivity index (χ3v) is 8.23. The number of Topliss-reactive ketones (excluding diaryl/α,β-unsaturated/α-hetero) is 1. The number of carbonyl (C=O) groups is 1. The summed E-state index contributed by atoms with van der Waals surface area (Å²) < 4.78 is 33.8. The fourth-order valence-corrected chi connectivity index (χ4v) is 6.08. The fourth-order valence-electron chi connectivity index (χ4n) is 3.63. The average Bonchev–Trinajstić information content (AvgIpc) is 2.99. The van der Waals surface area contributed by atoms with Crippen LogP contribution in [0.15, 0.2) is 47.4 Å². The zero-order valence-corrected chi connectivity index (χ0v) is 19.0. The molecule has 0 bridgehead atoms. The molecule has 4 rings (SSSR count). The van der Waals surface area contributed by atoms with Crippen LogP contribution in [0.5, 0.6) is 5.75 Å². The number of sulfonamides is 1. The Morgan fingerprint density at radius 1 is 1.13 bits per heavy atom. The molecule has 0 radical (unpaired) electrons. The number of hydrogen-bond donors (Lipinski definition) is 1. The molecule has 2 heterocycles. The van der Waals surface area contributed by atoms with Crippen molar-refractivity contribution in [3.8, 4) is 5.75 Å². The normalized spacial score (nSPS) is 15.5. The molecular formula is C22H25N3O4S2. The number of ketones is 1. The molecule has 1 aliphatic heterocycles. The molecule has 7 nitrogen and oxygen atoms in total. The van der Waals surface area contributed by atoms with Crippen LogP contribution in [0.2, 0.25) is 0 Å². The summed E-state index contributed by atoms with van der Waals surface area (Å²) in [4.78, 5) is 17.4. The molecule has 0 spiro atoms. The van der Waals surface area contributed by atoms with Crippen LogP contribution in [-0.4, -0.2) is 50.2 Å². The topological polar surface area (TPSA) is 88.6 Å². The maximum atomic E-state index is 13.0. The molecule has 2 aromatic carbocycles. The Labute approximate surface area is 186 Å². The number of nitrogens with one attached hydrogen (secondary N) is 1. The summed E-state index contributed by atoms with van der Waals surface area (Å²) in [5, 5.41) is 3.69. The van der Waals surface area contributed by atoms with Crippen molar-refractivity contribution in [2.45, 2.75) is 30.6 Å². The van der Waals surface area contributed by atoms with Gasteiger partial charge in [-0.05, 0) is 43.2 Å². The molecule has 0 saturated carbocycles. The average molecular weight is 460 g/mol. The Bertz CT molecular complexity index is 1180. The molecule has 0 unspecified atom stereocenters. The van der Waals surface area contributed by atoms with Gasteiger partial charge in [0.1, 0.15) is 5.75 Å². The van der Waals surface area contributed by atoms with Crippen molar-refractivity contribution in [2.75, 3.05) is 32.1 Å². The second-order valence-corrected chi connectivity index (χ2v) is 10.4. The van der Waals surface area contributed by atoms with Gasteiger partial charge in [0.15, 0.2) is 10.9 Å². The molecule has 9 heteroatoms. The Kier molecular flexibility index (Phi) is 6.54. The van der Waals surface area contributed by atoms with E-state index >= 15 is 0 Å². The molecule has 1 saturated heterocycles. The van der Waals surface area contributed by atoms with Crippen LogP contribution in [0.3, 0.4) is 0 Å². The van der Waals surface area contributed by atoms with E-state index in [1.165, 1.54) is 21.7 Å². The Hall–Kier alpha value is -2.49. The first-order valence-electron chi connectivity index (χ1n) is 10.3. The molecule has 0 atom stereocenters. The minimum atomic E-state index is -3.59. The van der Waals surface area contributed by atoms with Crippen LogP contribution in [0, 0.1) is 0 Å². The highest BCUT2D eigenvalue weighted by Crippen LogP contribution is 2.29. The molecule has 164 valence electrons. The van der Waals surface area contributed by atoms with E-state index < -0.39 is 10.0 Å².